The summed E-state index contributed by atoms with van der Waals surface area (Å²) in [6.45, 7) is -0.160. The van der Waals surface area contributed by atoms with Gasteiger partial charge in [0.15, 0.2) is 6.17 Å². The van der Waals surface area contributed by atoms with E-state index in [9.17, 15) is 5.11 Å². The van der Waals surface area contributed by atoms with E-state index in [1.807, 2.05) is 0 Å². The van der Waals surface area contributed by atoms with E-state index >= 15 is 0 Å². The van der Waals surface area contributed by atoms with Gasteiger partial charge in [0.25, 0.3) is 0 Å². The van der Waals surface area contributed by atoms with Crippen LogP contribution in [0.3, 0.4) is 0 Å². The van der Waals surface area contributed by atoms with E-state index in [2.05, 4.69) is 10.2 Å². The number of nitrogen functional groups attached to an aromatic ring is 2. The average molecular weight is 208 g/mol. The van der Waals surface area contributed by atoms with Gasteiger partial charge in [0, 0.05) is 12.4 Å². The molecule has 0 spiro atoms. The first-order chi connectivity index (χ1) is 7.24. The van der Waals surface area contributed by atoms with Crippen LogP contribution in [0.25, 0.3) is 0 Å². The van der Waals surface area contributed by atoms with E-state index in [1.165, 1.54) is 10.9 Å². The Morgan fingerprint density at radius 3 is 2.67 bits per heavy atom. The molecular formula is C8H12N6O. The van der Waals surface area contributed by atoms with Crippen molar-refractivity contribution in [3.05, 3.63) is 24.7 Å². The maximum absolute atomic E-state index is 9.27. The molecule has 5 N–H and O–H groups in total. The standard InChI is InChI=1S/C8H12N6O/c9-6-4-12-14(8(6)10)7(5-15)13-3-1-2-11-13/h1-4,7,15H,5,9-10H2. The highest BCUT2D eigenvalue weighted by atomic mass is 16.3. The Morgan fingerprint density at radius 2 is 2.20 bits per heavy atom. The Bertz CT molecular complexity index is 434. The summed E-state index contributed by atoms with van der Waals surface area (Å²) in [6.07, 6.45) is 4.32. The number of nitrogens with two attached hydrogens (primary N) is 2. The maximum atomic E-state index is 9.27. The lowest BCUT2D eigenvalue weighted by atomic mass is 10.5. The van der Waals surface area contributed by atoms with Crippen molar-refractivity contribution in [3.8, 4) is 0 Å². The molecule has 0 aliphatic rings. The quantitative estimate of drug-likeness (QED) is 0.617. The van der Waals surface area contributed by atoms with Crippen molar-refractivity contribution in [3.63, 3.8) is 0 Å². The molecule has 7 nitrogen and oxygen atoms in total. The highest BCUT2D eigenvalue weighted by Crippen LogP contribution is 2.18. The molecule has 2 rings (SSSR count). The third kappa shape index (κ3) is 1.52. The third-order valence-electron chi connectivity index (χ3n) is 2.14. The van der Waals surface area contributed by atoms with Crippen molar-refractivity contribution in [2.75, 3.05) is 18.1 Å². The minimum Gasteiger partial charge on any atom is -0.394 e. The zero-order valence-corrected chi connectivity index (χ0v) is 7.98. The molecule has 0 aliphatic carbocycles. The monoisotopic (exact) mass is 208 g/mol. The summed E-state index contributed by atoms with van der Waals surface area (Å²) >= 11 is 0. The van der Waals surface area contributed by atoms with E-state index in [0.717, 1.165) is 0 Å². The molecule has 0 aliphatic heterocycles. The highest BCUT2D eigenvalue weighted by molar-refractivity contribution is 5.57. The summed E-state index contributed by atoms with van der Waals surface area (Å²) in [5.74, 6) is 0.324. The second-order valence-corrected chi connectivity index (χ2v) is 3.08. The van der Waals surface area contributed by atoms with Crippen LogP contribution < -0.4 is 11.5 Å². The van der Waals surface area contributed by atoms with Crippen LogP contribution in [0.1, 0.15) is 6.17 Å². The molecule has 0 aromatic carbocycles. The van der Waals surface area contributed by atoms with Gasteiger partial charge in [-0.05, 0) is 6.07 Å². The minimum absolute atomic E-state index is 0.160. The van der Waals surface area contributed by atoms with Gasteiger partial charge in [0.2, 0.25) is 0 Å². The van der Waals surface area contributed by atoms with E-state index in [4.69, 9.17) is 11.5 Å². The number of anilines is 2. The molecule has 7 heteroatoms. The fraction of sp³-hybridized carbons (Fsp3) is 0.250. The summed E-state index contributed by atoms with van der Waals surface area (Å²) < 4.78 is 2.99. The van der Waals surface area contributed by atoms with Crippen molar-refractivity contribution in [2.45, 2.75) is 6.17 Å². The largest absolute Gasteiger partial charge is 0.394 e. The fourth-order valence-corrected chi connectivity index (χ4v) is 1.35. The van der Waals surface area contributed by atoms with Crippen molar-refractivity contribution < 1.29 is 5.11 Å². The number of rotatable bonds is 3. The van der Waals surface area contributed by atoms with E-state index in [0.29, 0.717) is 11.5 Å². The number of aliphatic hydroxyl groups excluding tert-OH is 1. The van der Waals surface area contributed by atoms with Crippen LogP contribution in [0.4, 0.5) is 11.5 Å². The van der Waals surface area contributed by atoms with E-state index in [1.54, 1.807) is 23.1 Å². The number of nitrogens with zero attached hydrogens (tertiary/aromatic N) is 4. The van der Waals surface area contributed by atoms with Crippen LogP contribution >= 0.6 is 0 Å². The normalized spacial score (nSPS) is 12.9. The summed E-state index contributed by atoms with van der Waals surface area (Å²) in [6, 6.07) is 1.76. The van der Waals surface area contributed by atoms with Crippen LogP contribution in [0.15, 0.2) is 24.7 Å². The lowest BCUT2D eigenvalue weighted by molar-refractivity contribution is 0.188. The molecule has 80 valence electrons. The molecule has 1 atom stereocenters. The third-order valence-corrected chi connectivity index (χ3v) is 2.14. The fourth-order valence-electron chi connectivity index (χ4n) is 1.35. The predicted octanol–water partition coefficient (Wildman–Crippen LogP) is -0.717. The first-order valence-electron chi connectivity index (χ1n) is 4.42. The van der Waals surface area contributed by atoms with Gasteiger partial charge in [-0.2, -0.15) is 10.2 Å². The summed E-state index contributed by atoms with van der Waals surface area (Å²) in [4.78, 5) is 0. The van der Waals surface area contributed by atoms with Crippen molar-refractivity contribution in [2.24, 2.45) is 0 Å². The Kier molecular flexibility index (Phi) is 2.30. The topological polar surface area (TPSA) is 108 Å². The smallest absolute Gasteiger partial charge is 0.168 e. The average Bonchev–Trinajstić information content (AvgIpc) is 2.84. The molecule has 0 radical (unpaired) electrons. The Morgan fingerprint density at radius 1 is 1.40 bits per heavy atom. The molecule has 0 bridgehead atoms. The molecule has 0 fully saturated rings. The zero-order chi connectivity index (χ0) is 10.8. The van der Waals surface area contributed by atoms with Crippen LogP contribution in [0, 0.1) is 0 Å². The summed E-state index contributed by atoms with van der Waals surface area (Å²) in [5, 5.41) is 17.3. The van der Waals surface area contributed by atoms with Crippen LogP contribution in [-0.4, -0.2) is 31.3 Å². The maximum Gasteiger partial charge on any atom is 0.168 e. The first kappa shape index (κ1) is 9.53. The number of hydrogen-bond acceptors (Lipinski definition) is 5. The Hall–Kier alpha value is -2.02. The summed E-state index contributed by atoms with van der Waals surface area (Å²) in [7, 11) is 0. The SMILES string of the molecule is Nc1cnn(C(CO)n2cccn2)c1N. The van der Waals surface area contributed by atoms with Crippen LogP contribution in [0.5, 0.6) is 0 Å². The van der Waals surface area contributed by atoms with Crippen molar-refractivity contribution in [1.29, 1.82) is 0 Å². The molecule has 0 saturated heterocycles. The molecule has 2 aromatic rings. The Labute approximate surface area is 85.9 Å². The predicted molar refractivity (Wildman–Crippen MR) is 54.8 cm³/mol. The van der Waals surface area contributed by atoms with Gasteiger partial charge in [-0.1, -0.05) is 0 Å². The summed E-state index contributed by atoms with van der Waals surface area (Å²) in [5.41, 5.74) is 11.7. The van der Waals surface area contributed by atoms with Crippen molar-refractivity contribution >= 4 is 11.5 Å². The Balaban J connectivity index is 2.40. The second kappa shape index (κ2) is 3.62. The van der Waals surface area contributed by atoms with Crippen LogP contribution in [0.2, 0.25) is 0 Å². The molecule has 1 unspecified atom stereocenters. The number of hydrogen-bond donors (Lipinski definition) is 3. The number of aliphatic hydroxyl groups is 1. The van der Waals surface area contributed by atoms with Gasteiger partial charge in [0.1, 0.15) is 5.82 Å². The highest BCUT2D eigenvalue weighted by Gasteiger charge is 2.16. The molecule has 0 saturated carbocycles. The first-order valence-corrected chi connectivity index (χ1v) is 4.42. The van der Waals surface area contributed by atoms with E-state index < -0.39 is 6.17 Å². The van der Waals surface area contributed by atoms with Gasteiger partial charge in [-0.25, -0.2) is 9.36 Å². The van der Waals surface area contributed by atoms with Crippen LogP contribution in [-0.2, 0) is 0 Å². The zero-order valence-electron chi connectivity index (χ0n) is 7.98. The molecule has 2 aromatic heterocycles. The van der Waals surface area contributed by atoms with Gasteiger partial charge < -0.3 is 16.6 Å². The van der Waals surface area contributed by atoms with Crippen molar-refractivity contribution in [1.82, 2.24) is 19.6 Å². The van der Waals surface area contributed by atoms with Gasteiger partial charge >= 0.3 is 0 Å². The molecular weight excluding hydrogens is 196 g/mol. The lowest BCUT2D eigenvalue weighted by Gasteiger charge is -2.16. The molecule has 15 heavy (non-hydrogen) atoms. The van der Waals surface area contributed by atoms with E-state index in [-0.39, 0.29) is 6.61 Å². The number of aromatic nitrogens is 4. The van der Waals surface area contributed by atoms with Gasteiger partial charge in [0.05, 0.1) is 18.5 Å². The lowest BCUT2D eigenvalue weighted by Crippen LogP contribution is -2.24. The molecule has 2 heterocycles. The molecule has 0 amide bonds. The van der Waals surface area contributed by atoms with Gasteiger partial charge in [-0.15, -0.1) is 0 Å². The minimum atomic E-state index is -0.461. The van der Waals surface area contributed by atoms with Gasteiger partial charge in [-0.3, -0.25) is 0 Å². The second-order valence-electron chi connectivity index (χ2n) is 3.08.